The Morgan fingerprint density at radius 1 is 0.465 bits per heavy atom. The van der Waals surface area contributed by atoms with E-state index in [0.29, 0.717) is 11.6 Å². The lowest BCUT2D eigenvalue weighted by Crippen LogP contribution is -2.18. The summed E-state index contributed by atoms with van der Waals surface area (Å²) < 4.78 is 6.37. The van der Waals surface area contributed by atoms with Crippen molar-refractivity contribution in [2.24, 2.45) is 0 Å². The number of fused-ring (bicyclic) bond motifs is 3. The minimum atomic E-state index is 0.0418. The minimum Gasteiger partial charge on any atom is -0.485 e. The third-order valence-corrected chi connectivity index (χ3v) is 8.39. The van der Waals surface area contributed by atoms with E-state index in [2.05, 4.69) is 115 Å². The number of rotatable bonds is 5. The van der Waals surface area contributed by atoms with Gasteiger partial charge in [-0.15, -0.1) is 0 Å². The van der Waals surface area contributed by atoms with Crippen LogP contribution in [0.1, 0.15) is 30.7 Å². The molecule has 1 aliphatic carbocycles. The quantitative estimate of drug-likeness (QED) is 0.213. The average molecular weight is 556 g/mol. The van der Waals surface area contributed by atoms with Crippen LogP contribution in [0.5, 0.6) is 5.75 Å². The minimum absolute atomic E-state index is 0.0418. The molecular formula is C39H29N3O. The second kappa shape index (κ2) is 10.8. The average Bonchev–Trinajstić information content (AvgIpc) is 3.48. The van der Waals surface area contributed by atoms with Gasteiger partial charge in [-0.3, -0.25) is 0 Å². The van der Waals surface area contributed by atoms with Crippen LogP contribution in [-0.2, 0) is 0 Å². The molecule has 2 aliphatic rings. The number of nitrogens with zero attached hydrogens (tertiary/aromatic N) is 3. The predicted molar refractivity (Wildman–Crippen MR) is 173 cm³/mol. The van der Waals surface area contributed by atoms with Gasteiger partial charge in [-0.2, -0.15) is 0 Å². The summed E-state index contributed by atoms with van der Waals surface area (Å²) >= 11 is 0. The molecule has 2 heterocycles. The number of ether oxygens (including phenoxy) is 1. The third-order valence-electron chi connectivity index (χ3n) is 8.39. The maximum atomic E-state index is 6.37. The van der Waals surface area contributed by atoms with Crippen LogP contribution in [-0.4, -0.2) is 21.1 Å². The van der Waals surface area contributed by atoms with Gasteiger partial charge in [0.05, 0.1) is 0 Å². The summed E-state index contributed by atoms with van der Waals surface area (Å²) in [7, 11) is 0. The van der Waals surface area contributed by atoms with Gasteiger partial charge < -0.3 is 4.74 Å². The van der Waals surface area contributed by atoms with Gasteiger partial charge in [-0.1, -0.05) is 127 Å². The summed E-state index contributed by atoms with van der Waals surface area (Å²) in [6.45, 7) is 0. The first-order valence-electron chi connectivity index (χ1n) is 14.9. The van der Waals surface area contributed by atoms with Crippen LogP contribution in [0.4, 0.5) is 0 Å². The molecular weight excluding hydrogens is 526 g/mol. The molecule has 0 fully saturated rings. The maximum absolute atomic E-state index is 6.37. The van der Waals surface area contributed by atoms with E-state index in [4.69, 9.17) is 19.7 Å². The van der Waals surface area contributed by atoms with Crippen LogP contribution in [0.25, 0.3) is 56.2 Å². The smallest absolute Gasteiger partial charge is 0.164 e. The zero-order chi connectivity index (χ0) is 28.6. The van der Waals surface area contributed by atoms with E-state index in [-0.39, 0.29) is 6.10 Å². The van der Waals surface area contributed by atoms with Gasteiger partial charge in [0.15, 0.2) is 17.5 Å². The van der Waals surface area contributed by atoms with E-state index in [1.54, 1.807) is 0 Å². The fraction of sp³-hybridized carbons (Fsp3) is 0.103. The first kappa shape index (κ1) is 25.4. The molecule has 0 bridgehead atoms. The Morgan fingerprint density at radius 2 is 0.930 bits per heavy atom. The number of hydrogen-bond acceptors (Lipinski definition) is 4. The lowest BCUT2D eigenvalue weighted by molar-refractivity contribution is 0.258. The fourth-order valence-electron chi connectivity index (χ4n) is 6.22. The van der Waals surface area contributed by atoms with Crippen molar-refractivity contribution in [3.05, 3.63) is 145 Å². The Bertz CT molecular complexity index is 1850. The van der Waals surface area contributed by atoms with Gasteiger partial charge in [-0.25, -0.2) is 15.0 Å². The molecule has 43 heavy (non-hydrogen) atoms. The predicted octanol–water partition coefficient (Wildman–Crippen LogP) is 9.40. The van der Waals surface area contributed by atoms with Crippen molar-refractivity contribution in [1.82, 2.24) is 15.0 Å². The van der Waals surface area contributed by atoms with E-state index in [0.717, 1.165) is 64.2 Å². The van der Waals surface area contributed by atoms with Crippen molar-refractivity contribution >= 4 is 11.1 Å². The van der Waals surface area contributed by atoms with Crippen molar-refractivity contribution in [2.75, 3.05) is 0 Å². The molecule has 6 aromatic rings. The highest BCUT2D eigenvalue weighted by molar-refractivity contribution is 5.95. The van der Waals surface area contributed by atoms with Crippen molar-refractivity contribution in [3.63, 3.8) is 0 Å². The molecule has 5 aromatic carbocycles. The Labute approximate surface area is 251 Å². The molecule has 0 spiro atoms. The van der Waals surface area contributed by atoms with E-state index in [1.165, 1.54) is 16.7 Å². The molecule has 0 radical (unpaired) electrons. The normalized spacial score (nSPS) is 15.5. The van der Waals surface area contributed by atoms with Crippen molar-refractivity contribution in [2.45, 2.75) is 25.4 Å². The number of aromatic nitrogens is 3. The highest BCUT2D eigenvalue weighted by atomic mass is 16.5. The largest absolute Gasteiger partial charge is 0.485 e. The third kappa shape index (κ3) is 4.81. The summed E-state index contributed by atoms with van der Waals surface area (Å²) in [6, 6.07) is 46.2. The number of para-hydroxylation sites is 1. The molecule has 0 amide bonds. The topological polar surface area (TPSA) is 47.9 Å². The summed E-state index contributed by atoms with van der Waals surface area (Å²) in [4.78, 5) is 15.3. The standard InChI is InChI=1S/C39H29N3O/c1-3-10-26(11-4-1)28-18-22-30(23-19-28)37-40-38(31-24-20-29(21-25-31)27-12-5-2-6-13-27)42-39(41-37)33-15-9-17-35-36(33)32-14-7-8-16-34(32)43-35/h1-8,10-14,16,18-25,35H,9,15,17H2. The van der Waals surface area contributed by atoms with E-state index in [9.17, 15) is 0 Å². The first-order valence-corrected chi connectivity index (χ1v) is 14.9. The van der Waals surface area contributed by atoms with Crippen LogP contribution < -0.4 is 4.74 Å². The molecule has 206 valence electrons. The van der Waals surface area contributed by atoms with Gasteiger partial charge in [-0.05, 0) is 47.6 Å². The van der Waals surface area contributed by atoms with Gasteiger partial charge in [0.1, 0.15) is 11.9 Å². The van der Waals surface area contributed by atoms with E-state index in [1.807, 2.05) is 18.2 Å². The Morgan fingerprint density at radius 3 is 1.51 bits per heavy atom. The molecule has 1 atom stereocenters. The second-order valence-electron chi connectivity index (χ2n) is 11.1. The molecule has 0 saturated heterocycles. The molecule has 1 aliphatic heterocycles. The van der Waals surface area contributed by atoms with Crippen LogP contribution in [0, 0.1) is 0 Å². The first-order chi connectivity index (χ1) is 21.3. The van der Waals surface area contributed by atoms with Crippen molar-refractivity contribution in [3.8, 4) is 50.8 Å². The monoisotopic (exact) mass is 555 g/mol. The number of allylic oxidation sites excluding steroid dienone is 1. The summed E-state index contributed by atoms with van der Waals surface area (Å²) in [5, 5.41) is 0. The Balaban J connectivity index is 1.26. The summed E-state index contributed by atoms with van der Waals surface area (Å²) in [5.41, 5.74) is 10.2. The zero-order valence-corrected chi connectivity index (χ0v) is 23.7. The van der Waals surface area contributed by atoms with E-state index < -0.39 is 0 Å². The van der Waals surface area contributed by atoms with E-state index >= 15 is 0 Å². The SMILES string of the molecule is c1ccc(-c2ccc(-c3nc(C4=C5c6ccccc6OC5CCC4)nc(-c4ccc(-c5ccccc5)cc4)n3)cc2)cc1. The van der Waals surface area contributed by atoms with Gasteiger partial charge in [0.2, 0.25) is 0 Å². The Kier molecular flexibility index (Phi) is 6.38. The van der Waals surface area contributed by atoms with Crippen molar-refractivity contribution in [1.29, 1.82) is 0 Å². The molecule has 4 heteroatoms. The molecule has 1 aromatic heterocycles. The lowest BCUT2D eigenvalue weighted by Gasteiger charge is -2.22. The number of hydrogen-bond donors (Lipinski definition) is 0. The maximum Gasteiger partial charge on any atom is 0.164 e. The molecule has 0 saturated carbocycles. The van der Waals surface area contributed by atoms with Crippen LogP contribution in [0.2, 0.25) is 0 Å². The van der Waals surface area contributed by atoms with Crippen LogP contribution in [0.3, 0.4) is 0 Å². The highest BCUT2D eigenvalue weighted by Crippen LogP contribution is 2.47. The van der Waals surface area contributed by atoms with Crippen LogP contribution >= 0.6 is 0 Å². The molecule has 4 nitrogen and oxygen atoms in total. The molecule has 1 unspecified atom stereocenters. The van der Waals surface area contributed by atoms with Gasteiger partial charge in [0, 0.05) is 27.8 Å². The highest BCUT2D eigenvalue weighted by Gasteiger charge is 2.35. The van der Waals surface area contributed by atoms with Crippen LogP contribution in [0.15, 0.2) is 133 Å². The second-order valence-corrected chi connectivity index (χ2v) is 11.1. The van der Waals surface area contributed by atoms with Crippen molar-refractivity contribution < 1.29 is 4.74 Å². The van der Waals surface area contributed by atoms with Gasteiger partial charge >= 0.3 is 0 Å². The lowest BCUT2D eigenvalue weighted by atomic mass is 9.86. The molecule has 0 N–H and O–H groups in total. The zero-order valence-electron chi connectivity index (χ0n) is 23.7. The summed E-state index contributed by atoms with van der Waals surface area (Å²) in [6.07, 6.45) is 2.98. The fourth-order valence-corrected chi connectivity index (χ4v) is 6.22. The summed E-state index contributed by atoms with van der Waals surface area (Å²) in [5.74, 6) is 3.03. The Hall–Kier alpha value is -5.35. The van der Waals surface area contributed by atoms with Gasteiger partial charge in [0.25, 0.3) is 0 Å². The molecule has 8 rings (SSSR count). The number of benzene rings is 5.